The topological polar surface area (TPSA) is 47.3 Å². The van der Waals surface area contributed by atoms with Crippen LogP contribution in [0.2, 0.25) is 0 Å². The van der Waals surface area contributed by atoms with Crippen LogP contribution in [0.3, 0.4) is 0 Å². The molecule has 0 aliphatic carbocycles. The molecule has 2 unspecified atom stereocenters. The zero-order valence-electron chi connectivity index (χ0n) is 8.59. The lowest BCUT2D eigenvalue weighted by molar-refractivity contribution is 0.178. The summed E-state index contributed by atoms with van der Waals surface area (Å²) >= 11 is 0. The Hall–Kier alpha value is -0.120. The van der Waals surface area contributed by atoms with Crippen LogP contribution < -0.4 is 11.1 Å². The first-order valence-electron chi connectivity index (χ1n) is 5.36. The van der Waals surface area contributed by atoms with Crippen molar-refractivity contribution in [2.75, 3.05) is 26.3 Å². The summed E-state index contributed by atoms with van der Waals surface area (Å²) in [5, 5.41) is 3.52. The third-order valence-corrected chi connectivity index (χ3v) is 2.77. The largest absolute Gasteiger partial charge is 0.381 e. The number of nitrogens with two attached hydrogens (primary N) is 1. The first kappa shape index (κ1) is 11.0. The minimum Gasteiger partial charge on any atom is -0.381 e. The molecule has 0 aromatic rings. The predicted octanol–water partition coefficient (Wildman–Crippen LogP) is 0.740. The van der Waals surface area contributed by atoms with Crippen molar-refractivity contribution in [3.63, 3.8) is 0 Å². The molecule has 3 heteroatoms. The Morgan fingerprint density at radius 1 is 1.54 bits per heavy atom. The van der Waals surface area contributed by atoms with E-state index in [1.165, 1.54) is 12.8 Å². The van der Waals surface area contributed by atoms with Gasteiger partial charge in [-0.1, -0.05) is 0 Å². The Kier molecular flexibility index (Phi) is 5.35. The maximum atomic E-state index is 5.42. The average molecular weight is 186 g/mol. The highest BCUT2D eigenvalue weighted by Gasteiger charge is 2.21. The van der Waals surface area contributed by atoms with Gasteiger partial charge in [0.2, 0.25) is 0 Å². The van der Waals surface area contributed by atoms with Gasteiger partial charge in [-0.25, -0.2) is 0 Å². The molecular weight excluding hydrogens is 164 g/mol. The van der Waals surface area contributed by atoms with Crippen molar-refractivity contribution in [1.29, 1.82) is 0 Å². The Bertz CT molecular complexity index is 124. The Labute approximate surface area is 81.0 Å². The number of ether oxygens (including phenoxy) is 1. The van der Waals surface area contributed by atoms with E-state index in [2.05, 4.69) is 12.2 Å². The molecule has 3 N–H and O–H groups in total. The lowest BCUT2D eigenvalue weighted by Crippen LogP contribution is -2.34. The highest BCUT2D eigenvalue weighted by molar-refractivity contribution is 4.75. The second kappa shape index (κ2) is 6.35. The van der Waals surface area contributed by atoms with E-state index in [4.69, 9.17) is 10.5 Å². The molecule has 0 aromatic carbocycles. The molecule has 0 saturated carbocycles. The Balaban J connectivity index is 1.99. The van der Waals surface area contributed by atoms with Gasteiger partial charge in [-0.05, 0) is 45.2 Å². The zero-order valence-corrected chi connectivity index (χ0v) is 8.59. The lowest BCUT2D eigenvalue weighted by atomic mass is 10.0. The van der Waals surface area contributed by atoms with Crippen LogP contribution in [0.15, 0.2) is 0 Å². The van der Waals surface area contributed by atoms with Gasteiger partial charge in [-0.2, -0.15) is 0 Å². The lowest BCUT2D eigenvalue weighted by Gasteiger charge is -2.18. The molecule has 13 heavy (non-hydrogen) atoms. The molecule has 0 amide bonds. The molecule has 1 aliphatic rings. The van der Waals surface area contributed by atoms with Crippen LogP contribution in [0.25, 0.3) is 0 Å². The summed E-state index contributed by atoms with van der Waals surface area (Å²) in [6.07, 6.45) is 3.53. The summed E-state index contributed by atoms with van der Waals surface area (Å²) in [4.78, 5) is 0. The van der Waals surface area contributed by atoms with Gasteiger partial charge in [-0.15, -0.1) is 0 Å². The molecule has 3 nitrogen and oxygen atoms in total. The summed E-state index contributed by atoms with van der Waals surface area (Å²) in [6, 6.07) is 0.597. The van der Waals surface area contributed by atoms with Gasteiger partial charge in [0.1, 0.15) is 0 Å². The number of unbranched alkanes of at least 4 members (excludes halogenated alkanes) is 1. The third kappa shape index (κ3) is 4.07. The summed E-state index contributed by atoms with van der Waals surface area (Å²) in [7, 11) is 0. The molecule has 0 bridgehead atoms. The van der Waals surface area contributed by atoms with Gasteiger partial charge in [0.15, 0.2) is 0 Å². The van der Waals surface area contributed by atoms with Crippen molar-refractivity contribution in [1.82, 2.24) is 5.32 Å². The minimum absolute atomic E-state index is 0.597. The molecule has 1 aliphatic heterocycles. The summed E-state index contributed by atoms with van der Waals surface area (Å²) in [5.41, 5.74) is 5.42. The molecule has 2 atom stereocenters. The van der Waals surface area contributed by atoms with E-state index in [0.29, 0.717) is 6.04 Å². The first-order valence-corrected chi connectivity index (χ1v) is 5.36. The van der Waals surface area contributed by atoms with Gasteiger partial charge in [0.25, 0.3) is 0 Å². The van der Waals surface area contributed by atoms with E-state index in [-0.39, 0.29) is 0 Å². The molecule has 1 heterocycles. The van der Waals surface area contributed by atoms with E-state index < -0.39 is 0 Å². The van der Waals surface area contributed by atoms with Crippen molar-refractivity contribution in [2.24, 2.45) is 11.7 Å². The van der Waals surface area contributed by atoms with Crippen LogP contribution >= 0.6 is 0 Å². The van der Waals surface area contributed by atoms with Gasteiger partial charge < -0.3 is 15.8 Å². The Morgan fingerprint density at radius 2 is 2.38 bits per heavy atom. The molecule has 1 rings (SSSR count). The molecule has 1 fully saturated rings. The molecule has 0 spiro atoms. The summed E-state index contributed by atoms with van der Waals surface area (Å²) < 4.78 is 5.35. The van der Waals surface area contributed by atoms with Gasteiger partial charge in [0, 0.05) is 12.6 Å². The van der Waals surface area contributed by atoms with Crippen LogP contribution in [0.1, 0.15) is 26.2 Å². The SMILES string of the molecule is CC(NCCCCN)C1CCOC1. The third-order valence-electron chi connectivity index (χ3n) is 2.77. The fourth-order valence-corrected chi connectivity index (χ4v) is 1.71. The van der Waals surface area contributed by atoms with Crippen LogP contribution in [0.4, 0.5) is 0 Å². The van der Waals surface area contributed by atoms with Gasteiger partial charge in [0.05, 0.1) is 6.61 Å². The van der Waals surface area contributed by atoms with E-state index >= 15 is 0 Å². The van der Waals surface area contributed by atoms with Crippen LogP contribution in [0, 0.1) is 5.92 Å². The fraction of sp³-hybridized carbons (Fsp3) is 1.00. The monoisotopic (exact) mass is 186 g/mol. The maximum Gasteiger partial charge on any atom is 0.0509 e. The number of rotatable bonds is 6. The highest BCUT2D eigenvalue weighted by Crippen LogP contribution is 2.16. The number of hydrogen-bond acceptors (Lipinski definition) is 3. The first-order chi connectivity index (χ1) is 6.34. The van der Waals surface area contributed by atoms with E-state index in [1.54, 1.807) is 0 Å². The van der Waals surface area contributed by atoms with E-state index in [0.717, 1.165) is 38.6 Å². The Morgan fingerprint density at radius 3 is 3.00 bits per heavy atom. The fourth-order valence-electron chi connectivity index (χ4n) is 1.71. The highest BCUT2D eigenvalue weighted by atomic mass is 16.5. The second-order valence-electron chi connectivity index (χ2n) is 3.86. The second-order valence-corrected chi connectivity index (χ2v) is 3.86. The van der Waals surface area contributed by atoms with Crippen molar-refractivity contribution in [3.8, 4) is 0 Å². The molecule has 78 valence electrons. The van der Waals surface area contributed by atoms with Crippen molar-refractivity contribution >= 4 is 0 Å². The van der Waals surface area contributed by atoms with Crippen molar-refractivity contribution in [3.05, 3.63) is 0 Å². The van der Waals surface area contributed by atoms with Crippen LogP contribution in [0.5, 0.6) is 0 Å². The minimum atomic E-state index is 0.597. The van der Waals surface area contributed by atoms with Crippen molar-refractivity contribution < 1.29 is 4.74 Å². The normalized spacial score (nSPS) is 24.9. The smallest absolute Gasteiger partial charge is 0.0509 e. The molecule has 0 aromatic heterocycles. The van der Waals surface area contributed by atoms with E-state index in [9.17, 15) is 0 Å². The summed E-state index contributed by atoms with van der Waals surface area (Å²) in [5.74, 6) is 0.720. The van der Waals surface area contributed by atoms with Crippen LogP contribution in [-0.4, -0.2) is 32.3 Å². The number of nitrogens with one attached hydrogen (secondary N) is 1. The zero-order chi connectivity index (χ0) is 9.52. The predicted molar refractivity (Wildman–Crippen MR) is 54.7 cm³/mol. The standard InChI is InChI=1S/C10H22N2O/c1-9(10-4-7-13-8-10)12-6-3-2-5-11/h9-10,12H,2-8,11H2,1H3. The maximum absolute atomic E-state index is 5.42. The van der Waals surface area contributed by atoms with Gasteiger partial charge >= 0.3 is 0 Å². The summed E-state index contributed by atoms with van der Waals surface area (Å²) in [6.45, 7) is 6.03. The van der Waals surface area contributed by atoms with Gasteiger partial charge in [-0.3, -0.25) is 0 Å². The van der Waals surface area contributed by atoms with Crippen molar-refractivity contribution in [2.45, 2.75) is 32.2 Å². The van der Waals surface area contributed by atoms with E-state index in [1.807, 2.05) is 0 Å². The quantitative estimate of drug-likeness (QED) is 0.601. The molecule has 1 saturated heterocycles. The number of hydrogen-bond donors (Lipinski definition) is 2. The molecular formula is C10H22N2O. The average Bonchev–Trinajstić information content (AvgIpc) is 2.65. The van der Waals surface area contributed by atoms with Crippen LogP contribution in [-0.2, 0) is 4.74 Å². The molecule has 0 radical (unpaired) electrons.